The van der Waals surface area contributed by atoms with Gasteiger partial charge < -0.3 is 31.1 Å². The van der Waals surface area contributed by atoms with Crippen molar-refractivity contribution in [3.8, 4) is 0 Å². The van der Waals surface area contributed by atoms with Crippen LogP contribution in [-0.2, 0) is 32.3 Å². The van der Waals surface area contributed by atoms with Crippen LogP contribution in [-0.4, -0.2) is 53.2 Å². The van der Waals surface area contributed by atoms with E-state index < -0.39 is 48.0 Å². The smallest absolute Gasteiger partial charge is 0.408 e. The molecule has 44 heavy (non-hydrogen) atoms. The molecule has 0 saturated heterocycles. The third-order valence-electron chi connectivity index (χ3n) is 6.88. The Morgan fingerprint density at radius 2 is 1.11 bits per heavy atom. The van der Waals surface area contributed by atoms with E-state index in [0.717, 1.165) is 11.1 Å². The van der Waals surface area contributed by atoms with Crippen molar-refractivity contribution in [1.82, 2.24) is 21.3 Å². The predicted molar refractivity (Wildman–Crippen MR) is 170 cm³/mol. The quantitative estimate of drug-likeness (QED) is 0.183. The summed E-state index contributed by atoms with van der Waals surface area (Å²) in [6, 6.07) is 15.8. The summed E-state index contributed by atoms with van der Waals surface area (Å²) in [6.07, 6.45) is -1.23. The molecule has 4 atom stereocenters. The number of benzene rings is 2. The number of hydrogen-bond donors (Lipinski definition) is 5. The van der Waals surface area contributed by atoms with E-state index in [-0.39, 0.29) is 30.9 Å². The highest BCUT2D eigenvalue weighted by Crippen LogP contribution is 2.13. The van der Waals surface area contributed by atoms with E-state index in [9.17, 15) is 24.3 Å². The van der Waals surface area contributed by atoms with Crippen LogP contribution in [0, 0.1) is 17.8 Å². The Kier molecular flexibility index (Phi) is 15.4. The maximum atomic E-state index is 13.6. The van der Waals surface area contributed by atoms with Crippen LogP contribution in [0.1, 0.15) is 71.9 Å². The zero-order chi connectivity index (χ0) is 32.6. The van der Waals surface area contributed by atoms with Crippen LogP contribution >= 0.6 is 0 Å². The van der Waals surface area contributed by atoms with E-state index in [1.165, 1.54) is 0 Å². The molecule has 0 radical (unpaired) electrons. The van der Waals surface area contributed by atoms with Crippen LogP contribution in [0.2, 0.25) is 0 Å². The van der Waals surface area contributed by atoms with Crippen LogP contribution in [0.15, 0.2) is 60.7 Å². The first kappa shape index (κ1) is 36.3. The first-order valence-corrected chi connectivity index (χ1v) is 15.4. The minimum atomic E-state index is -1.49. The minimum absolute atomic E-state index is 0.0426. The maximum Gasteiger partial charge on any atom is 0.408 e. The number of ether oxygens (including phenoxy) is 1. The average Bonchev–Trinajstić information content (AvgIpc) is 2.97. The van der Waals surface area contributed by atoms with Crippen molar-refractivity contribution in [2.75, 3.05) is 0 Å². The number of hydrogen-bond acceptors (Lipinski definition) is 6. The monoisotopic (exact) mass is 610 g/mol. The first-order chi connectivity index (χ1) is 20.8. The molecular formula is C34H50N4O6. The molecule has 0 bridgehead atoms. The molecule has 0 saturated carbocycles. The summed E-state index contributed by atoms with van der Waals surface area (Å²) in [4.78, 5) is 52.4. The number of amides is 4. The molecule has 2 aromatic carbocycles. The Labute approximate surface area is 261 Å². The van der Waals surface area contributed by atoms with Gasteiger partial charge in [-0.25, -0.2) is 4.79 Å². The summed E-state index contributed by atoms with van der Waals surface area (Å²) in [6.45, 7) is 11.9. The van der Waals surface area contributed by atoms with Crippen LogP contribution in [0.5, 0.6) is 0 Å². The Morgan fingerprint density at radius 3 is 1.64 bits per heavy atom. The van der Waals surface area contributed by atoms with Crippen LogP contribution in [0.3, 0.4) is 0 Å². The molecule has 242 valence electrons. The van der Waals surface area contributed by atoms with Crippen molar-refractivity contribution >= 4 is 23.8 Å². The van der Waals surface area contributed by atoms with Gasteiger partial charge in [-0.15, -0.1) is 0 Å². The van der Waals surface area contributed by atoms with Gasteiger partial charge in [0.2, 0.25) is 11.8 Å². The molecule has 1 unspecified atom stereocenters. The normalized spacial score (nSPS) is 14.0. The number of aliphatic hydroxyl groups is 1. The van der Waals surface area contributed by atoms with Crippen molar-refractivity contribution < 1.29 is 29.0 Å². The molecule has 0 aliphatic carbocycles. The van der Waals surface area contributed by atoms with Gasteiger partial charge in [-0.3, -0.25) is 14.4 Å². The van der Waals surface area contributed by atoms with Crippen molar-refractivity contribution in [1.29, 1.82) is 0 Å². The number of aliphatic hydroxyl groups excluding tert-OH is 1. The largest absolute Gasteiger partial charge is 0.445 e. The van der Waals surface area contributed by atoms with Gasteiger partial charge in [0.05, 0.1) is 6.04 Å². The van der Waals surface area contributed by atoms with Gasteiger partial charge >= 0.3 is 6.09 Å². The highest BCUT2D eigenvalue weighted by molar-refractivity contribution is 5.92. The molecule has 0 spiro atoms. The second-order valence-electron chi connectivity index (χ2n) is 12.5. The third kappa shape index (κ3) is 13.6. The van der Waals surface area contributed by atoms with Gasteiger partial charge in [0.25, 0.3) is 5.91 Å². The van der Waals surface area contributed by atoms with Gasteiger partial charge in [0.15, 0.2) is 6.10 Å². The SMILES string of the molecule is CC(C)C[C@H](NC(=O)OCc1ccccc1)C(=O)N[C@@H](CC(C)C)C(=O)N[C@@H](CC(C)C)C(O)C(=O)NCc1ccccc1. The van der Waals surface area contributed by atoms with Gasteiger partial charge in [0.1, 0.15) is 18.7 Å². The topological polar surface area (TPSA) is 146 Å². The second kappa shape index (κ2) is 18.7. The standard InChI is InChI=1S/C34H50N4O6/c1-22(2)17-27(30(39)33(42)35-20-25-13-9-7-10-14-25)36-31(40)28(18-23(3)4)37-32(41)29(19-24(5)6)38-34(43)44-21-26-15-11-8-12-16-26/h7-16,22-24,27-30,39H,17-21H2,1-6H3,(H,35,42)(H,36,40)(H,37,41)(H,38,43)/t27-,28-,29-,30?/m0/s1. The summed E-state index contributed by atoms with van der Waals surface area (Å²) < 4.78 is 5.32. The second-order valence-corrected chi connectivity index (χ2v) is 12.5. The number of rotatable bonds is 17. The fraction of sp³-hybridized carbons (Fsp3) is 0.529. The summed E-state index contributed by atoms with van der Waals surface area (Å²) >= 11 is 0. The van der Waals surface area contributed by atoms with Crippen molar-refractivity contribution in [2.45, 2.75) is 98.2 Å². The molecule has 10 nitrogen and oxygen atoms in total. The third-order valence-corrected chi connectivity index (χ3v) is 6.88. The highest BCUT2D eigenvalue weighted by Gasteiger charge is 2.33. The Balaban J connectivity index is 2.10. The lowest BCUT2D eigenvalue weighted by molar-refractivity contribution is -0.135. The minimum Gasteiger partial charge on any atom is -0.445 e. The summed E-state index contributed by atoms with van der Waals surface area (Å²) in [7, 11) is 0. The van der Waals surface area contributed by atoms with Crippen LogP contribution in [0.25, 0.3) is 0 Å². The molecule has 0 aliphatic rings. The van der Waals surface area contributed by atoms with E-state index in [4.69, 9.17) is 4.74 Å². The van der Waals surface area contributed by atoms with E-state index in [2.05, 4.69) is 21.3 Å². The molecule has 0 aromatic heterocycles. The molecule has 0 heterocycles. The maximum absolute atomic E-state index is 13.6. The molecule has 0 fully saturated rings. The molecule has 2 aromatic rings. The number of carbonyl (C=O) groups is 4. The molecule has 0 aliphatic heterocycles. The van der Waals surface area contributed by atoms with Gasteiger partial charge in [0, 0.05) is 6.54 Å². The summed E-state index contributed by atoms with van der Waals surface area (Å²) in [5.74, 6) is -1.45. The average molecular weight is 611 g/mol. The highest BCUT2D eigenvalue weighted by atomic mass is 16.5. The molecular weight excluding hydrogens is 560 g/mol. The Hall–Kier alpha value is -3.92. The lowest BCUT2D eigenvalue weighted by Crippen LogP contribution is -2.58. The fourth-order valence-corrected chi connectivity index (χ4v) is 4.72. The van der Waals surface area contributed by atoms with Crippen molar-refractivity contribution in [3.05, 3.63) is 71.8 Å². The zero-order valence-electron chi connectivity index (χ0n) is 26.8. The zero-order valence-corrected chi connectivity index (χ0v) is 26.8. The van der Waals surface area contributed by atoms with Gasteiger partial charge in [-0.1, -0.05) is 102 Å². The van der Waals surface area contributed by atoms with E-state index in [0.29, 0.717) is 19.3 Å². The first-order valence-electron chi connectivity index (χ1n) is 15.4. The van der Waals surface area contributed by atoms with Crippen molar-refractivity contribution in [3.63, 3.8) is 0 Å². The molecule has 4 amide bonds. The molecule has 5 N–H and O–H groups in total. The fourth-order valence-electron chi connectivity index (χ4n) is 4.72. The Bertz CT molecular complexity index is 1170. The molecule has 2 rings (SSSR count). The van der Waals surface area contributed by atoms with Crippen LogP contribution < -0.4 is 21.3 Å². The lowest BCUT2D eigenvalue weighted by atomic mass is 9.96. The van der Waals surface area contributed by atoms with E-state index in [1.807, 2.05) is 102 Å². The van der Waals surface area contributed by atoms with E-state index in [1.54, 1.807) is 0 Å². The van der Waals surface area contributed by atoms with Crippen molar-refractivity contribution in [2.24, 2.45) is 17.8 Å². The number of carbonyl (C=O) groups excluding carboxylic acids is 4. The number of nitrogens with one attached hydrogen (secondary N) is 4. The van der Waals surface area contributed by atoms with Gasteiger partial charge in [-0.05, 0) is 48.1 Å². The predicted octanol–water partition coefficient (Wildman–Crippen LogP) is 4.07. The van der Waals surface area contributed by atoms with E-state index >= 15 is 0 Å². The Morgan fingerprint density at radius 1 is 0.636 bits per heavy atom. The van der Waals surface area contributed by atoms with Crippen LogP contribution in [0.4, 0.5) is 4.79 Å². The molecule has 10 heteroatoms. The summed E-state index contributed by atoms with van der Waals surface area (Å²) in [5.41, 5.74) is 1.69. The lowest BCUT2D eigenvalue weighted by Gasteiger charge is -2.29. The summed E-state index contributed by atoms with van der Waals surface area (Å²) in [5, 5.41) is 21.9. The van der Waals surface area contributed by atoms with Gasteiger partial charge in [-0.2, -0.15) is 0 Å². The number of alkyl carbamates (subject to hydrolysis) is 1.